The SMILES string of the molecule is CC(C)OCCCNCc1c(C(=O)O)n(Cc2ccc(F)cc2)c2ccccc12. The molecule has 2 aromatic carbocycles. The van der Waals surface area contributed by atoms with Crippen molar-refractivity contribution in [1.29, 1.82) is 0 Å². The van der Waals surface area contributed by atoms with Crippen LogP contribution in [0.1, 0.15) is 41.9 Å². The number of carboxylic acid groups (broad SMARTS) is 1. The Balaban J connectivity index is 1.85. The zero-order valence-corrected chi connectivity index (χ0v) is 16.8. The molecule has 6 heteroatoms. The van der Waals surface area contributed by atoms with Crippen molar-refractivity contribution in [3.8, 4) is 0 Å². The third kappa shape index (κ3) is 5.22. The Morgan fingerprint density at radius 2 is 1.90 bits per heavy atom. The number of aromatic carboxylic acids is 1. The quantitative estimate of drug-likeness (QED) is 0.496. The minimum Gasteiger partial charge on any atom is -0.477 e. The Hall–Kier alpha value is -2.70. The van der Waals surface area contributed by atoms with Gasteiger partial charge in [-0.05, 0) is 50.6 Å². The number of carbonyl (C=O) groups is 1. The lowest BCUT2D eigenvalue weighted by Gasteiger charge is -2.10. The van der Waals surface area contributed by atoms with Gasteiger partial charge in [-0.15, -0.1) is 0 Å². The highest BCUT2D eigenvalue weighted by atomic mass is 19.1. The number of ether oxygens (including phenoxy) is 1. The molecule has 0 bridgehead atoms. The van der Waals surface area contributed by atoms with Gasteiger partial charge in [-0.3, -0.25) is 0 Å². The van der Waals surface area contributed by atoms with Crippen LogP contribution in [0.4, 0.5) is 4.39 Å². The van der Waals surface area contributed by atoms with E-state index in [-0.39, 0.29) is 17.6 Å². The number of nitrogens with one attached hydrogen (secondary N) is 1. The molecule has 0 amide bonds. The summed E-state index contributed by atoms with van der Waals surface area (Å²) in [5, 5.41) is 14.2. The highest BCUT2D eigenvalue weighted by molar-refractivity contribution is 5.98. The first kappa shape index (κ1) is 21.0. The van der Waals surface area contributed by atoms with E-state index >= 15 is 0 Å². The third-order valence-electron chi connectivity index (χ3n) is 4.78. The molecule has 5 nitrogen and oxygen atoms in total. The van der Waals surface area contributed by atoms with Crippen molar-refractivity contribution in [2.24, 2.45) is 0 Å². The summed E-state index contributed by atoms with van der Waals surface area (Å²) in [4.78, 5) is 12.1. The molecule has 2 N–H and O–H groups in total. The smallest absolute Gasteiger partial charge is 0.352 e. The summed E-state index contributed by atoms with van der Waals surface area (Å²) in [5.41, 5.74) is 2.73. The second kappa shape index (κ2) is 9.67. The van der Waals surface area contributed by atoms with Crippen LogP contribution in [0.2, 0.25) is 0 Å². The molecule has 0 unspecified atom stereocenters. The third-order valence-corrected chi connectivity index (χ3v) is 4.78. The number of aromatic nitrogens is 1. The predicted octanol–water partition coefficient (Wildman–Crippen LogP) is 4.43. The second-order valence-electron chi connectivity index (χ2n) is 7.31. The van der Waals surface area contributed by atoms with Gasteiger partial charge < -0.3 is 19.7 Å². The summed E-state index contributed by atoms with van der Waals surface area (Å²) in [6.45, 7) is 6.24. The van der Waals surface area contributed by atoms with Crippen LogP contribution < -0.4 is 5.32 Å². The van der Waals surface area contributed by atoms with Crippen molar-refractivity contribution in [3.05, 3.63) is 71.2 Å². The maximum atomic E-state index is 13.2. The van der Waals surface area contributed by atoms with E-state index in [0.717, 1.165) is 35.0 Å². The highest BCUT2D eigenvalue weighted by Crippen LogP contribution is 2.27. The largest absolute Gasteiger partial charge is 0.477 e. The number of para-hydroxylation sites is 1. The molecule has 0 atom stereocenters. The fourth-order valence-electron chi connectivity index (χ4n) is 3.46. The van der Waals surface area contributed by atoms with E-state index in [1.165, 1.54) is 12.1 Å². The van der Waals surface area contributed by atoms with Crippen molar-refractivity contribution in [1.82, 2.24) is 9.88 Å². The summed E-state index contributed by atoms with van der Waals surface area (Å²) in [6.07, 6.45) is 1.06. The maximum Gasteiger partial charge on any atom is 0.352 e. The molecule has 0 aliphatic heterocycles. The van der Waals surface area contributed by atoms with Gasteiger partial charge in [0.2, 0.25) is 0 Å². The number of fused-ring (bicyclic) bond motifs is 1. The minimum absolute atomic E-state index is 0.207. The van der Waals surface area contributed by atoms with Gasteiger partial charge in [0.05, 0.1) is 6.10 Å². The molecule has 29 heavy (non-hydrogen) atoms. The molecular formula is C23H27FN2O3. The number of hydrogen-bond acceptors (Lipinski definition) is 3. The summed E-state index contributed by atoms with van der Waals surface area (Å²) in [6, 6.07) is 13.8. The van der Waals surface area contributed by atoms with Crippen molar-refractivity contribution in [3.63, 3.8) is 0 Å². The highest BCUT2D eigenvalue weighted by Gasteiger charge is 2.22. The first-order valence-corrected chi connectivity index (χ1v) is 9.87. The average Bonchev–Trinajstić information content (AvgIpc) is 3.00. The van der Waals surface area contributed by atoms with E-state index in [4.69, 9.17) is 4.74 Å². The monoisotopic (exact) mass is 398 g/mol. The fourth-order valence-corrected chi connectivity index (χ4v) is 3.46. The zero-order valence-electron chi connectivity index (χ0n) is 16.8. The Bertz CT molecular complexity index is 964. The van der Waals surface area contributed by atoms with Gasteiger partial charge in [0.15, 0.2) is 0 Å². The van der Waals surface area contributed by atoms with Gasteiger partial charge in [0, 0.05) is 36.2 Å². The van der Waals surface area contributed by atoms with Crippen LogP contribution in [-0.2, 0) is 17.8 Å². The molecule has 0 aliphatic carbocycles. The van der Waals surface area contributed by atoms with Crippen molar-refractivity contribution >= 4 is 16.9 Å². The van der Waals surface area contributed by atoms with Crippen LogP contribution in [-0.4, -0.2) is 34.9 Å². The molecule has 0 saturated carbocycles. The summed E-state index contributed by atoms with van der Waals surface area (Å²) >= 11 is 0. The lowest BCUT2D eigenvalue weighted by Crippen LogP contribution is -2.19. The number of rotatable bonds is 10. The van der Waals surface area contributed by atoms with Crippen LogP contribution in [0.5, 0.6) is 0 Å². The summed E-state index contributed by atoms with van der Waals surface area (Å²) in [7, 11) is 0. The standard InChI is InChI=1S/C23H27FN2O3/c1-16(2)29-13-5-12-25-14-20-19-6-3-4-7-21(19)26(22(20)23(27)28)15-17-8-10-18(24)11-9-17/h3-4,6-11,16,25H,5,12-15H2,1-2H3,(H,27,28). The molecule has 0 saturated heterocycles. The number of halogens is 1. The molecule has 1 aromatic heterocycles. The second-order valence-corrected chi connectivity index (χ2v) is 7.31. The van der Waals surface area contributed by atoms with E-state index < -0.39 is 5.97 Å². The Labute approximate surface area is 170 Å². The Morgan fingerprint density at radius 1 is 1.17 bits per heavy atom. The van der Waals surface area contributed by atoms with Crippen LogP contribution in [0.3, 0.4) is 0 Å². The van der Waals surface area contributed by atoms with Crippen LogP contribution in [0.25, 0.3) is 10.9 Å². The van der Waals surface area contributed by atoms with Gasteiger partial charge in [-0.2, -0.15) is 0 Å². The predicted molar refractivity (Wildman–Crippen MR) is 112 cm³/mol. The lowest BCUT2D eigenvalue weighted by molar-refractivity contribution is 0.0683. The topological polar surface area (TPSA) is 63.5 Å². The zero-order chi connectivity index (χ0) is 20.8. The molecule has 0 radical (unpaired) electrons. The van der Waals surface area contributed by atoms with E-state index in [1.807, 2.05) is 38.1 Å². The first-order chi connectivity index (χ1) is 14.0. The fraction of sp³-hybridized carbons (Fsp3) is 0.348. The van der Waals surface area contributed by atoms with Crippen LogP contribution in [0.15, 0.2) is 48.5 Å². The average molecular weight is 398 g/mol. The number of nitrogens with zero attached hydrogens (tertiary/aromatic N) is 1. The maximum absolute atomic E-state index is 13.2. The summed E-state index contributed by atoms with van der Waals surface area (Å²) in [5.74, 6) is -1.28. The first-order valence-electron chi connectivity index (χ1n) is 9.87. The molecule has 0 aliphatic rings. The van der Waals surface area contributed by atoms with E-state index in [1.54, 1.807) is 16.7 Å². The van der Waals surface area contributed by atoms with E-state index in [0.29, 0.717) is 19.7 Å². The van der Waals surface area contributed by atoms with Crippen LogP contribution >= 0.6 is 0 Å². The van der Waals surface area contributed by atoms with E-state index in [9.17, 15) is 14.3 Å². The number of benzene rings is 2. The Morgan fingerprint density at radius 3 is 2.59 bits per heavy atom. The molecule has 154 valence electrons. The number of hydrogen-bond donors (Lipinski definition) is 2. The van der Waals surface area contributed by atoms with Crippen molar-refractivity contribution < 1.29 is 19.0 Å². The molecular weight excluding hydrogens is 371 g/mol. The van der Waals surface area contributed by atoms with E-state index in [2.05, 4.69) is 5.32 Å². The molecule has 0 spiro atoms. The summed E-state index contributed by atoms with van der Waals surface area (Å²) < 4.78 is 20.6. The Kier molecular flexibility index (Phi) is 7.01. The van der Waals surface area contributed by atoms with Crippen molar-refractivity contribution in [2.45, 2.75) is 39.5 Å². The van der Waals surface area contributed by atoms with Gasteiger partial charge >= 0.3 is 5.97 Å². The molecule has 3 aromatic rings. The minimum atomic E-state index is -0.969. The van der Waals surface area contributed by atoms with Crippen LogP contribution in [0, 0.1) is 5.82 Å². The van der Waals surface area contributed by atoms with Gasteiger partial charge in [0.25, 0.3) is 0 Å². The number of carboxylic acids is 1. The van der Waals surface area contributed by atoms with Gasteiger partial charge in [-0.1, -0.05) is 30.3 Å². The molecule has 0 fully saturated rings. The molecule has 1 heterocycles. The lowest BCUT2D eigenvalue weighted by atomic mass is 10.1. The van der Waals surface area contributed by atoms with Gasteiger partial charge in [0.1, 0.15) is 11.5 Å². The molecule has 3 rings (SSSR count). The van der Waals surface area contributed by atoms with Gasteiger partial charge in [-0.25, -0.2) is 9.18 Å². The normalized spacial score (nSPS) is 11.4. The van der Waals surface area contributed by atoms with Crippen molar-refractivity contribution in [2.75, 3.05) is 13.2 Å².